The highest BCUT2D eigenvalue weighted by Gasteiger charge is 2.26. The maximum absolute atomic E-state index is 12.4. The quantitative estimate of drug-likeness (QED) is 0.819. The van der Waals surface area contributed by atoms with Gasteiger partial charge in [-0.15, -0.1) is 11.3 Å². The first kappa shape index (κ1) is 18.7. The number of carbonyl (C=O) groups is 3. The largest absolute Gasteiger partial charge is 0.476 e. The molecule has 0 saturated heterocycles. The Bertz CT molecular complexity index is 951. The lowest BCUT2D eigenvalue weighted by Crippen LogP contribution is -2.39. The van der Waals surface area contributed by atoms with Crippen LogP contribution < -0.4 is 10.3 Å². The Kier molecular flexibility index (Phi) is 5.31. The first-order valence-corrected chi connectivity index (χ1v) is 9.16. The summed E-state index contributed by atoms with van der Waals surface area (Å²) >= 11 is 1.16. The molecule has 1 aliphatic rings. The minimum Gasteiger partial charge on any atom is -0.476 e. The molecule has 2 N–H and O–H groups in total. The molecule has 3 rings (SSSR count). The van der Waals surface area contributed by atoms with Crippen LogP contribution in [0.3, 0.4) is 0 Å². The van der Waals surface area contributed by atoms with Crippen LogP contribution in [-0.2, 0) is 16.1 Å². The van der Waals surface area contributed by atoms with Crippen molar-refractivity contribution in [1.82, 2.24) is 10.3 Å². The molecular formula is C18H18N4O4S. The molecule has 0 bridgehead atoms. The lowest BCUT2D eigenvalue weighted by atomic mass is 10.1. The molecule has 1 aromatic carbocycles. The molecule has 0 aliphatic carbocycles. The highest BCUT2D eigenvalue weighted by atomic mass is 32.1. The summed E-state index contributed by atoms with van der Waals surface area (Å²) in [5.74, 6) is -1.67. The van der Waals surface area contributed by atoms with Gasteiger partial charge in [-0.1, -0.05) is 12.1 Å². The van der Waals surface area contributed by atoms with Crippen molar-refractivity contribution in [3.63, 3.8) is 0 Å². The van der Waals surface area contributed by atoms with Crippen molar-refractivity contribution < 1.29 is 19.5 Å². The molecule has 0 radical (unpaired) electrons. The highest BCUT2D eigenvalue weighted by molar-refractivity contribution is 7.09. The normalized spacial score (nSPS) is 14.1. The van der Waals surface area contributed by atoms with Crippen LogP contribution in [0.2, 0.25) is 0 Å². The number of hydrogen-bond acceptors (Lipinski definition) is 6. The SMILES string of the molecule is Cc1ccc(C)c(N2N=C(C(=O)NCc3nc(C(=O)O)cs3)CCC2=O)c1. The van der Waals surface area contributed by atoms with E-state index in [-0.39, 0.29) is 36.7 Å². The van der Waals surface area contributed by atoms with E-state index < -0.39 is 11.9 Å². The highest BCUT2D eigenvalue weighted by Crippen LogP contribution is 2.25. The molecule has 2 heterocycles. The number of aromatic nitrogens is 1. The third kappa shape index (κ3) is 4.20. The van der Waals surface area contributed by atoms with E-state index in [9.17, 15) is 14.4 Å². The van der Waals surface area contributed by atoms with E-state index in [2.05, 4.69) is 15.4 Å². The summed E-state index contributed by atoms with van der Waals surface area (Å²) in [6.07, 6.45) is 0.449. The summed E-state index contributed by atoms with van der Waals surface area (Å²) in [7, 11) is 0. The number of hydrogen-bond donors (Lipinski definition) is 2. The first-order chi connectivity index (χ1) is 12.8. The summed E-state index contributed by atoms with van der Waals surface area (Å²) < 4.78 is 0. The van der Waals surface area contributed by atoms with Gasteiger partial charge in [-0.25, -0.2) is 14.8 Å². The van der Waals surface area contributed by atoms with Crippen LogP contribution in [0.25, 0.3) is 0 Å². The van der Waals surface area contributed by atoms with Gasteiger partial charge in [-0.2, -0.15) is 5.10 Å². The number of thiazole rings is 1. The van der Waals surface area contributed by atoms with E-state index in [1.165, 1.54) is 10.4 Å². The fourth-order valence-electron chi connectivity index (χ4n) is 2.60. The van der Waals surface area contributed by atoms with Gasteiger partial charge in [-0.3, -0.25) is 9.59 Å². The summed E-state index contributed by atoms with van der Waals surface area (Å²) in [5, 5.41) is 19.0. The van der Waals surface area contributed by atoms with E-state index in [1.54, 1.807) is 0 Å². The molecule has 27 heavy (non-hydrogen) atoms. The van der Waals surface area contributed by atoms with Crippen LogP contribution in [0, 0.1) is 13.8 Å². The van der Waals surface area contributed by atoms with Crippen LogP contribution in [0.5, 0.6) is 0 Å². The Morgan fingerprint density at radius 1 is 1.30 bits per heavy atom. The van der Waals surface area contributed by atoms with Gasteiger partial charge in [0, 0.05) is 18.2 Å². The zero-order valence-electron chi connectivity index (χ0n) is 14.9. The minimum absolute atomic E-state index is 0.0500. The lowest BCUT2D eigenvalue weighted by Gasteiger charge is -2.24. The molecule has 1 aliphatic heterocycles. The molecule has 2 amide bonds. The molecule has 140 valence electrons. The monoisotopic (exact) mass is 386 g/mol. The summed E-state index contributed by atoms with van der Waals surface area (Å²) in [5.41, 5.74) is 2.75. The van der Waals surface area contributed by atoms with Crippen LogP contribution in [0.15, 0.2) is 28.7 Å². The molecule has 0 atom stereocenters. The van der Waals surface area contributed by atoms with Crippen molar-refractivity contribution in [3.05, 3.63) is 45.4 Å². The van der Waals surface area contributed by atoms with Gasteiger partial charge in [0.05, 0.1) is 12.2 Å². The Labute approximate surface area is 159 Å². The second-order valence-electron chi connectivity index (χ2n) is 6.16. The number of benzene rings is 1. The third-order valence-electron chi connectivity index (χ3n) is 4.06. The van der Waals surface area contributed by atoms with E-state index in [1.807, 2.05) is 32.0 Å². The fraction of sp³-hybridized carbons (Fsp3) is 0.278. The van der Waals surface area contributed by atoms with Crippen molar-refractivity contribution in [1.29, 1.82) is 0 Å². The average Bonchev–Trinajstić information content (AvgIpc) is 3.12. The minimum atomic E-state index is -1.11. The zero-order chi connectivity index (χ0) is 19.6. The van der Waals surface area contributed by atoms with Crippen molar-refractivity contribution in [2.24, 2.45) is 5.10 Å². The van der Waals surface area contributed by atoms with Crippen LogP contribution in [0.1, 0.15) is 39.5 Å². The van der Waals surface area contributed by atoms with Crippen LogP contribution in [0.4, 0.5) is 5.69 Å². The fourth-order valence-corrected chi connectivity index (χ4v) is 3.31. The third-order valence-corrected chi connectivity index (χ3v) is 4.91. The number of carboxylic acids is 1. The number of carbonyl (C=O) groups excluding carboxylic acids is 2. The van der Waals surface area contributed by atoms with E-state index in [4.69, 9.17) is 5.11 Å². The molecule has 9 heteroatoms. The first-order valence-electron chi connectivity index (χ1n) is 8.28. The molecule has 0 spiro atoms. The maximum atomic E-state index is 12.4. The molecule has 8 nitrogen and oxygen atoms in total. The Balaban J connectivity index is 1.74. The molecule has 2 aromatic rings. The Hall–Kier alpha value is -3.07. The predicted octanol–water partition coefficient (Wildman–Crippen LogP) is 2.26. The van der Waals surface area contributed by atoms with Crippen molar-refractivity contribution >= 4 is 40.5 Å². The second kappa shape index (κ2) is 7.67. The zero-order valence-corrected chi connectivity index (χ0v) is 15.7. The number of amides is 2. The number of hydrazone groups is 1. The summed E-state index contributed by atoms with van der Waals surface area (Å²) in [6, 6.07) is 5.72. The number of anilines is 1. The van der Waals surface area contributed by atoms with E-state index >= 15 is 0 Å². The Morgan fingerprint density at radius 2 is 2.07 bits per heavy atom. The van der Waals surface area contributed by atoms with Crippen LogP contribution in [-0.4, -0.2) is 33.6 Å². The van der Waals surface area contributed by atoms with Crippen molar-refractivity contribution in [2.75, 3.05) is 5.01 Å². The second-order valence-corrected chi connectivity index (χ2v) is 7.10. The number of aryl methyl sites for hydroxylation is 2. The summed E-state index contributed by atoms with van der Waals surface area (Å²) in [4.78, 5) is 39.5. The smallest absolute Gasteiger partial charge is 0.355 e. The predicted molar refractivity (Wildman–Crippen MR) is 101 cm³/mol. The standard InChI is InChI=1S/C18H18N4O4S/c1-10-3-4-11(2)14(7-10)22-16(23)6-5-12(21-22)17(24)19-8-15-20-13(9-27-15)18(25)26/h3-4,7,9H,5-6,8H2,1-2H3,(H,19,24)(H,25,26). The lowest BCUT2D eigenvalue weighted by molar-refractivity contribution is -0.119. The van der Waals surface area contributed by atoms with Gasteiger partial charge in [0.25, 0.3) is 5.91 Å². The summed E-state index contributed by atoms with van der Waals surface area (Å²) in [6.45, 7) is 3.91. The van der Waals surface area contributed by atoms with Crippen molar-refractivity contribution in [2.45, 2.75) is 33.2 Å². The van der Waals surface area contributed by atoms with Crippen LogP contribution >= 0.6 is 11.3 Å². The maximum Gasteiger partial charge on any atom is 0.355 e. The number of aromatic carboxylic acids is 1. The molecule has 0 saturated carbocycles. The topological polar surface area (TPSA) is 112 Å². The van der Waals surface area contributed by atoms with Gasteiger partial charge < -0.3 is 10.4 Å². The molecule has 0 fully saturated rings. The number of nitrogens with one attached hydrogen (secondary N) is 1. The molecule has 1 aromatic heterocycles. The number of nitrogens with zero attached hydrogens (tertiary/aromatic N) is 3. The number of rotatable bonds is 5. The van der Waals surface area contributed by atoms with Gasteiger partial charge in [0.1, 0.15) is 10.7 Å². The Morgan fingerprint density at radius 3 is 2.78 bits per heavy atom. The van der Waals surface area contributed by atoms with Gasteiger partial charge in [-0.05, 0) is 31.0 Å². The van der Waals surface area contributed by atoms with Gasteiger partial charge >= 0.3 is 5.97 Å². The average molecular weight is 386 g/mol. The van der Waals surface area contributed by atoms with Gasteiger partial charge in [0.15, 0.2) is 5.69 Å². The number of carboxylic acid groups (broad SMARTS) is 1. The van der Waals surface area contributed by atoms with E-state index in [0.29, 0.717) is 10.7 Å². The molecular weight excluding hydrogens is 368 g/mol. The van der Waals surface area contributed by atoms with E-state index in [0.717, 1.165) is 22.5 Å². The molecule has 0 unspecified atom stereocenters. The van der Waals surface area contributed by atoms with Gasteiger partial charge in [0.2, 0.25) is 5.91 Å². The van der Waals surface area contributed by atoms with Crippen molar-refractivity contribution in [3.8, 4) is 0 Å².